The molecule has 6 nitrogen and oxygen atoms in total. The Kier molecular flexibility index (Phi) is 5.63. The first kappa shape index (κ1) is 21.2. The highest BCUT2D eigenvalue weighted by Gasteiger charge is 2.28. The van der Waals surface area contributed by atoms with Gasteiger partial charge in [-0.15, -0.1) is 11.3 Å². The van der Waals surface area contributed by atoms with Crippen LogP contribution in [0.4, 0.5) is 10.1 Å². The maximum absolute atomic E-state index is 13.4. The molecular weight excluding hydrogens is 437 g/mol. The van der Waals surface area contributed by atoms with E-state index in [1.54, 1.807) is 38.1 Å². The predicted molar refractivity (Wildman–Crippen MR) is 119 cm³/mol. The van der Waals surface area contributed by atoms with Gasteiger partial charge < -0.3 is 4.52 Å². The molecule has 0 bridgehead atoms. The van der Waals surface area contributed by atoms with Crippen LogP contribution in [0.15, 0.2) is 64.0 Å². The van der Waals surface area contributed by atoms with Gasteiger partial charge in [-0.2, -0.15) is 4.98 Å². The van der Waals surface area contributed by atoms with Gasteiger partial charge in [0.1, 0.15) is 10.7 Å². The lowest BCUT2D eigenvalue weighted by Crippen LogP contribution is -2.30. The summed E-state index contributed by atoms with van der Waals surface area (Å²) >= 11 is 1.27. The lowest BCUT2D eigenvalue weighted by Gasteiger charge is -2.23. The van der Waals surface area contributed by atoms with Gasteiger partial charge >= 0.3 is 0 Å². The van der Waals surface area contributed by atoms with Gasteiger partial charge in [0, 0.05) is 17.0 Å². The zero-order chi connectivity index (χ0) is 22.2. The molecule has 0 radical (unpaired) electrons. The summed E-state index contributed by atoms with van der Waals surface area (Å²) in [6, 6.07) is 14.7. The molecule has 31 heavy (non-hydrogen) atoms. The molecule has 0 spiro atoms. The summed E-state index contributed by atoms with van der Waals surface area (Å²) in [6.07, 6.45) is 0. The number of aryl methyl sites for hydroxylation is 2. The van der Waals surface area contributed by atoms with E-state index in [0.717, 1.165) is 5.56 Å². The zero-order valence-electron chi connectivity index (χ0n) is 17.2. The molecule has 4 rings (SSSR count). The van der Waals surface area contributed by atoms with Crippen molar-refractivity contribution in [2.45, 2.75) is 25.7 Å². The molecule has 0 saturated carbocycles. The van der Waals surface area contributed by atoms with Crippen LogP contribution in [0, 0.1) is 19.7 Å². The predicted octanol–water partition coefficient (Wildman–Crippen LogP) is 5.44. The lowest BCUT2D eigenvalue weighted by molar-refractivity contribution is 0.433. The fraction of sp³-hybridized carbons (Fsp3) is 0.182. The highest BCUT2D eigenvalue weighted by Crippen LogP contribution is 2.36. The zero-order valence-corrected chi connectivity index (χ0v) is 18.8. The van der Waals surface area contributed by atoms with Crippen LogP contribution < -0.4 is 4.31 Å². The summed E-state index contributed by atoms with van der Waals surface area (Å²) in [4.78, 5) is 5.74. The number of nitrogens with zero attached hydrogens (tertiary/aromatic N) is 3. The number of benzene rings is 2. The van der Waals surface area contributed by atoms with E-state index in [2.05, 4.69) is 10.1 Å². The second kappa shape index (κ2) is 8.24. The van der Waals surface area contributed by atoms with E-state index in [4.69, 9.17) is 4.52 Å². The first-order valence-electron chi connectivity index (χ1n) is 9.59. The molecule has 2 aromatic heterocycles. The van der Waals surface area contributed by atoms with Crippen LogP contribution in [-0.2, 0) is 10.0 Å². The molecule has 9 heteroatoms. The molecule has 0 aliphatic rings. The van der Waals surface area contributed by atoms with E-state index >= 15 is 0 Å². The molecule has 4 aromatic rings. The quantitative estimate of drug-likeness (QED) is 0.386. The number of aromatic nitrogens is 2. The van der Waals surface area contributed by atoms with Crippen LogP contribution in [-0.4, -0.2) is 25.1 Å². The third-order valence-electron chi connectivity index (χ3n) is 4.76. The van der Waals surface area contributed by atoms with Crippen molar-refractivity contribution in [3.63, 3.8) is 0 Å². The van der Waals surface area contributed by atoms with Crippen molar-refractivity contribution in [1.29, 1.82) is 0 Å². The number of rotatable bonds is 6. The van der Waals surface area contributed by atoms with Gasteiger partial charge in [-0.1, -0.05) is 17.3 Å². The number of sulfonamides is 1. The second-order valence-electron chi connectivity index (χ2n) is 6.97. The normalized spacial score (nSPS) is 11.6. The van der Waals surface area contributed by atoms with E-state index in [0.29, 0.717) is 33.4 Å². The summed E-state index contributed by atoms with van der Waals surface area (Å²) < 4.78 is 46.7. The average Bonchev–Trinajstić information content (AvgIpc) is 3.36. The Morgan fingerprint density at radius 2 is 1.84 bits per heavy atom. The molecule has 2 aromatic carbocycles. The largest absolute Gasteiger partial charge is 0.333 e. The number of hydrogen-bond acceptors (Lipinski definition) is 6. The fourth-order valence-electron chi connectivity index (χ4n) is 3.26. The second-order valence-corrected chi connectivity index (χ2v) is 10.1. The van der Waals surface area contributed by atoms with Gasteiger partial charge in [0.05, 0.1) is 10.6 Å². The molecule has 2 heterocycles. The van der Waals surface area contributed by atoms with Crippen molar-refractivity contribution in [1.82, 2.24) is 10.1 Å². The Labute approximate surface area is 184 Å². The van der Waals surface area contributed by atoms with Gasteiger partial charge in [0.2, 0.25) is 5.82 Å². The molecule has 0 amide bonds. The minimum Gasteiger partial charge on any atom is -0.333 e. The summed E-state index contributed by atoms with van der Waals surface area (Å²) in [7, 11) is -3.78. The molecule has 0 fully saturated rings. The van der Waals surface area contributed by atoms with Crippen molar-refractivity contribution in [2.24, 2.45) is 0 Å². The molecule has 0 aliphatic carbocycles. The maximum Gasteiger partial charge on any atom is 0.268 e. The van der Waals surface area contributed by atoms with Crippen LogP contribution in [0.25, 0.3) is 22.2 Å². The Balaban J connectivity index is 1.69. The van der Waals surface area contributed by atoms with Crippen molar-refractivity contribution in [2.75, 3.05) is 10.8 Å². The Bertz CT molecular complexity index is 1330. The SMILES string of the molecule is CCN(c1cccc(C)c1)S(=O)(=O)c1cc(-c2nc(-c3ccc(F)cc3)no2)sc1C. The Morgan fingerprint density at radius 1 is 1.10 bits per heavy atom. The van der Waals surface area contributed by atoms with Crippen LogP contribution in [0.5, 0.6) is 0 Å². The summed E-state index contributed by atoms with van der Waals surface area (Å²) in [6.45, 7) is 5.77. The molecule has 0 N–H and O–H groups in total. The molecule has 160 valence electrons. The van der Waals surface area contributed by atoms with Gasteiger partial charge in [-0.05, 0) is 68.8 Å². The minimum atomic E-state index is -3.78. The Hall–Kier alpha value is -3.04. The van der Waals surface area contributed by atoms with Gasteiger partial charge in [0.25, 0.3) is 15.9 Å². The average molecular weight is 458 g/mol. The Morgan fingerprint density at radius 3 is 2.52 bits per heavy atom. The number of halogens is 1. The lowest BCUT2D eigenvalue weighted by atomic mass is 10.2. The van der Waals surface area contributed by atoms with Gasteiger partial charge in [0.15, 0.2) is 0 Å². The van der Waals surface area contributed by atoms with Crippen molar-refractivity contribution >= 4 is 27.0 Å². The fourth-order valence-corrected chi connectivity index (χ4v) is 6.21. The summed E-state index contributed by atoms with van der Waals surface area (Å²) in [5.74, 6) is 0.165. The van der Waals surface area contributed by atoms with Gasteiger partial charge in [-0.25, -0.2) is 12.8 Å². The van der Waals surface area contributed by atoms with E-state index in [1.807, 2.05) is 25.1 Å². The van der Waals surface area contributed by atoms with E-state index in [-0.39, 0.29) is 16.6 Å². The minimum absolute atomic E-state index is 0.206. The van der Waals surface area contributed by atoms with E-state index in [1.165, 1.54) is 27.8 Å². The maximum atomic E-state index is 13.4. The molecular formula is C22H20FN3O3S2. The number of hydrogen-bond donors (Lipinski definition) is 0. The summed E-state index contributed by atoms with van der Waals surface area (Å²) in [5, 5.41) is 3.94. The topological polar surface area (TPSA) is 76.3 Å². The number of anilines is 1. The van der Waals surface area contributed by atoms with E-state index in [9.17, 15) is 12.8 Å². The summed E-state index contributed by atoms with van der Waals surface area (Å²) in [5.41, 5.74) is 2.20. The van der Waals surface area contributed by atoms with Crippen molar-refractivity contribution in [3.8, 4) is 22.2 Å². The molecule has 0 saturated heterocycles. The van der Waals surface area contributed by atoms with Crippen LogP contribution in [0.3, 0.4) is 0 Å². The van der Waals surface area contributed by atoms with Crippen molar-refractivity contribution in [3.05, 3.63) is 70.9 Å². The molecule has 0 aliphatic heterocycles. The molecule has 0 unspecified atom stereocenters. The standard InChI is InChI=1S/C22H20FN3O3S2/c1-4-26(18-7-5-6-14(2)12-18)31(27,28)20-13-19(30-15(20)3)22-24-21(25-29-22)16-8-10-17(23)11-9-16/h5-13H,4H2,1-3H3. The van der Waals surface area contributed by atoms with Crippen LogP contribution in [0.2, 0.25) is 0 Å². The first-order valence-corrected chi connectivity index (χ1v) is 11.8. The highest BCUT2D eigenvalue weighted by molar-refractivity contribution is 7.93. The van der Waals surface area contributed by atoms with Crippen molar-refractivity contribution < 1.29 is 17.3 Å². The van der Waals surface area contributed by atoms with E-state index < -0.39 is 10.0 Å². The van der Waals surface area contributed by atoms with Gasteiger partial charge in [-0.3, -0.25) is 4.31 Å². The van der Waals surface area contributed by atoms with Crippen LogP contribution >= 0.6 is 11.3 Å². The number of thiophene rings is 1. The van der Waals surface area contributed by atoms with Crippen LogP contribution in [0.1, 0.15) is 17.4 Å². The smallest absolute Gasteiger partial charge is 0.268 e. The third kappa shape index (κ3) is 4.11. The highest BCUT2D eigenvalue weighted by atomic mass is 32.2. The molecule has 0 atom stereocenters. The monoisotopic (exact) mass is 457 g/mol. The first-order chi connectivity index (χ1) is 14.8. The third-order valence-corrected chi connectivity index (χ3v) is 7.95.